The molecular weight excluding hydrogens is 236 g/mol. The molecule has 1 aromatic rings. The maximum atomic E-state index is 12.4. The van der Waals surface area contributed by atoms with Gasteiger partial charge in [-0.2, -0.15) is 0 Å². The zero-order chi connectivity index (χ0) is 13.5. The van der Waals surface area contributed by atoms with Crippen molar-refractivity contribution in [3.8, 4) is 0 Å². The van der Waals surface area contributed by atoms with Crippen molar-refractivity contribution in [2.45, 2.75) is 44.6 Å². The molecule has 3 nitrogen and oxygen atoms in total. The normalized spacial score (nSPS) is 20.1. The lowest BCUT2D eigenvalue weighted by molar-refractivity contribution is -0.133. The molecule has 1 fully saturated rings. The SMILES string of the molecule is NCCCC(=O)N1CCCCCC1c1ccccc1. The van der Waals surface area contributed by atoms with Crippen molar-refractivity contribution in [2.75, 3.05) is 13.1 Å². The molecule has 0 bridgehead atoms. The maximum Gasteiger partial charge on any atom is 0.223 e. The fraction of sp³-hybridized carbons (Fsp3) is 0.562. The Morgan fingerprint density at radius 2 is 2.00 bits per heavy atom. The summed E-state index contributed by atoms with van der Waals surface area (Å²) in [7, 11) is 0. The molecule has 1 heterocycles. The van der Waals surface area contributed by atoms with E-state index < -0.39 is 0 Å². The second-order valence-electron chi connectivity index (χ2n) is 5.26. The van der Waals surface area contributed by atoms with Crippen molar-refractivity contribution in [1.82, 2.24) is 4.90 Å². The lowest BCUT2D eigenvalue weighted by atomic mass is 10.0. The van der Waals surface area contributed by atoms with E-state index in [1.54, 1.807) is 0 Å². The first-order chi connectivity index (χ1) is 9.33. The Kier molecular flexibility index (Phi) is 5.40. The van der Waals surface area contributed by atoms with Crippen LogP contribution < -0.4 is 5.73 Å². The minimum Gasteiger partial charge on any atom is -0.336 e. The first-order valence-corrected chi connectivity index (χ1v) is 7.37. The van der Waals surface area contributed by atoms with Gasteiger partial charge in [-0.05, 0) is 31.4 Å². The topological polar surface area (TPSA) is 46.3 Å². The summed E-state index contributed by atoms with van der Waals surface area (Å²) in [5.74, 6) is 0.265. The zero-order valence-corrected chi connectivity index (χ0v) is 11.6. The molecule has 2 rings (SSSR count). The second-order valence-corrected chi connectivity index (χ2v) is 5.26. The third-order valence-electron chi connectivity index (χ3n) is 3.85. The summed E-state index contributed by atoms with van der Waals surface area (Å²) in [6.07, 6.45) is 6.01. The molecule has 2 N–H and O–H groups in total. The lowest BCUT2D eigenvalue weighted by Gasteiger charge is -2.30. The van der Waals surface area contributed by atoms with Gasteiger partial charge in [0.15, 0.2) is 0 Å². The van der Waals surface area contributed by atoms with Crippen molar-refractivity contribution < 1.29 is 4.79 Å². The fourth-order valence-electron chi connectivity index (χ4n) is 2.83. The molecule has 3 heteroatoms. The van der Waals surface area contributed by atoms with Crippen LogP contribution in [-0.2, 0) is 4.79 Å². The van der Waals surface area contributed by atoms with E-state index in [0.29, 0.717) is 13.0 Å². The summed E-state index contributed by atoms with van der Waals surface area (Å²) in [5, 5.41) is 0. The first-order valence-electron chi connectivity index (χ1n) is 7.37. The highest BCUT2D eigenvalue weighted by molar-refractivity contribution is 5.76. The van der Waals surface area contributed by atoms with Crippen LogP contribution in [0.25, 0.3) is 0 Å². The zero-order valence-electron chi connectivity index (χ0n) is 11.6. The van der Waals surface area contributed by atoms with Gasteiger partial charge in [0, 0.05) is 13.0 Å². The van der Waals surface area contributed by atoms with Gasteiger partial charge in [-0.25, -0.2) is 0 Å². The minimum absolute atomic E-state index is 0.258. The third-order valence-corrected chi connectivity index (χ3v) is 3.85. The molecule has 1 unspecified atom stereocenters. The molecular formula is C16H24N2O. The Labute approximate surface area is 115 Å². The van der Waals surface area contributed by atoms with Gasteiger partial charge in [0.05, 0.1) is 6.04 Å². The monoisotopic (exact) mass is 260 g/mol. The molecule has 0 saturated carbocycles. The number of hydrogen-bond donors (Lipinski definition) is 1. The second kappa shape index (κ2) is 7.29. The molecule has 1 saturated heterocycles. The number of carbonyl (C=O) groups excluding carboxylic acids is 1. The summed E-state index contributed by atoms with van der Waals surface area (Å²) in [6.45, 7) is 1.48. The predicted molar refractivity (Wildman–Crippen MR) is 77.7 cm³/mol. The fourth-order valence-corrected chi connectivity index (χ4v) is 2.83. The number of likely N-dealkylation sites (tertiary alicyclic amines) is 1. The third kappa shape index (κ3) is 3.80. The van der Waals surface area contributed by atoms with Crippen LogP contribution in [0.1, 0.15) is 50.1 Å². The van der Waals surface area contributed by atoms with Gasteiger partial charge >= 0.3 is 0 Å². The average molecular weight is 260 g/mol. The highest BCUT2D eigenvalue weighted by Crippen LogP contribution is 2.30. The highest BCUT2D eigenvalue weighted by Gasteiger charge is 2.25. The summed E-state index contributed by atoms with van der Waals surface area (Å²) < 4.78 is 0. The van der Waals surface area contributed by atoms with Crippen LogP contribution in [0.4, 0.5) is 0 Å². The van der Waals surface area contributed by atoms with Gasteiger partial charge in [0.25, 0.3) is 0 Å². The number of carbonyl (C=O) groups is 1. The lowest BCUT2D eigenvalue weighted by Crippen LogP contribution is -2.34. The number of hydrogen-bond acceptors (Lipinski definition) is 2. The molecule has 1 aliphatic rings. The molecule has 0 radical (unpaired) electrons. The molecule has 0 aromatic heterocycles. The summed E-state index contributed by atoms with van der Waals surface area (Å²) >= 11 is 0. The van der Waals surface area contributed by atoms with E-state index >= 15 is 0 Å². The Balaban J connectivity index is 2.13. The molecule has 1 amide bonds. The minimum atomic E-state index is 0.258. The number of nitrogens with two attached hydrogens (primary N) is 1. The van der Waals surface area contributed by atoms with Crippen LogP contribution in [0.2, 0.25) is 0 Å². The van der Waals surface area contributed by atoms with Gasteiger partial charge < -0.3 is 10.6 Å². The number of amides is 1. The predicted octanol–water partition coefficient (Wildman–Crippen LogP) is 2.87. The standard InChI is InChI=1S/C16H24N2O/c17-12-7-11-16(19)18-13-6-2-5-10-15(18)14-8-3-1-4-9-14/h1,3-4,8-9,15H,2,5-7,10-13,17H2. The van der Waals surface area contributed by atoms with Gasteiger partial charge in [-0.3, -0.25) is 4.79 Å². The van der Waals surface area contributed by atoms with E-state index in [1.165, 1.54) is 18.4 Å². The molecule has 0 aliphatic carbocycles. The van der Waals surface area contributed by atoms with E-state index in [9.17, 15) is 4.79 Å². The maximum absolute atomic E-state index is 12.4. The van der Waals surface area contributed by atoms with Gasteiger partial charge in [0.2, 0.25) is 5.91 Å². The molecule has 1 aliphatic heterocycles. The van der Waals surface area contributed by atoms with Crippen LogP contribution in [0.3, 0.4) is 0 Å². The number of nitrogens with zero attached hydrogens (tertiary/aromatic N) is 1. The molecule has 19 heavy (non-hydrogen) atoms. The van der Waals surface area contributed by atoms with E-state index in [2.05, 4.69) is 29.2 Å². The molecule has 1 aromatic carbocycles. The van der Waals surface area contributed by atoms with Crippen molar-refractivity contribution in [2.24, 2.45) is 5.73 Å². The highest BCUT2D eigenvalue weighted by atomic mass is 16.2. The van der Waals surface area contributed by atoms with Crippen molar-refractivity contribution in [3.63, 3.8) is 0 Å². The Morgan fingerprint density at radius 3 is 2.74 bits per heavy atom. The molecule has 104 valence electrons. The molecule has 1 atom stereocenters. The van der Waals surface area contributed by atoms with Crippen LogP contribution in [0, 0.1) is 0 Å². The van der Waals surface area contributed by atoms with Crippen LogP contribution in [-0.4, -0.2) is 23.9 Å². The summed E-state index contributed by atoms with van der Waals surface area (Å²) in [6, 6.07) is 10.7. The van der Waals surface area contributed by atoms with Gasteiger partial charge in [0.1, 0.15) is 0 Å². The van der Waals surface area contributed by atoms with Crippen LogP contribution in [0.15, 0.2) is 30.3 Å². The van der Waals surface area contributed by atoms with Crippen LogP contribution in [0.5, 0.6) is 0 Å². The average Bonchev–Trinajstić information content (AvgIpc) is 2.71. The smallest absolute Gasteiger partial charge is 0.223 e. The van der Waals surface area contributed by atoms with Crippen molar-refractivity contribution in [1.29, 1.82) is 0 Å². The largest absolute Gasteiger partial charge is 0.336 e. The Morgan fingerprint density at radius 1 is 1.21 bits per heavy atom. The Bertz CT molecular complexity index is 391. The Hall–Kier alpha value is -1.35. The van der Waals surface area contributed by atoms with E-state index in [4.69, 9.17) is 5.73 Å². The quantitative estimate of drug-likeness (QED) is 0.904. The summed E-state index contributed by atoms with van der Waals surface area (Å²) in [4.78, 5) is 14.4. The van der Waals surface area contributed by atoms with Crippen molar-refractivity contribution >= 4 is 5.91 Å². The van der Waals surface area contributed by atoms with E-state index in [-0.39, 0.29) is 11.9 Å². The van der Waals surface area contributed by atoms with Gasteiger partial charge in [-0.1, -0.05) is 43.2 Å². The van der Waals surface area contributed by atoms with Crippen LogP contribution >= 0.6 is 0 Å². The number of rotatable bonds is 4. The molecule has 0 spiro atoms. The first kappa shape index (κ1) is 14.1. The van der Waals surface area contributed by atoms with E-state index in [1.807, 2.05) is 6.07 Å². The van der Waals surface area contributed by atoms with Crippen molar-refractivity contribution in [3.05, 3.63) is 35.9 Å². The van der Waals surface area contributed by atoms with Gasteiger partial charge in [-0.15, -0.1) is 0 Å². The number of benzene rings is 1. The van der Waals surface area contributed by atoms with E-state index in [0.717, 1.165) is 25.8 Å². The summed E-state index contributed by atoms with van der Waals surface area (Å²) in [5.41, 5.74) is 6.78.